The van der Waals surface area contributed by atoms with E-state index in [1.807, 2.05) is 35.6 Å². The molecule has 0 aliphatic rings. The van der Waals surface area contributed by atoms with Crippen LogP contribution in [0.25, 0.3) is 98.2 Å². The van der Waals surface area contributed by atoms with Crippen LogP contribution in [0.4, 0.5) is 0 Å². The molecule has 2 nitrogen and oxygen atoms in total. The monoisotopic (exact) mass is 692 g/mol. The predicted octanol–water partition coefficient (Wildman–Crippen LogP) is 14.0. The Labute approximate surface area is 312 Å². The van der Waals surface area contributed by atoms with Crippen LogP contribution >= 0.6 is 11.3 Å². The molecule has 0 fully saturated rings. The minimum atomic E-state index is 0.707. The summed E-state index contributed by atoms with van der Waals surface area (Å²) in [5.74, 6) is 0.707. The highest BCUT2D eigenvalue weighted by molar-refractivity contribution is 7.26. The molecule has 0 radical (unpaired) electrons. The van der Waals surface area contributed by atoms with Gasteiger partial charge in [0.25, 0.3) is 0 Å². The van der Waals surface area contributed by atoms with Gasteiger partial charge in [-0.05, 0) is 86.6 Å². The lowest BCUT2D eigenvalue weighted by Gasteiger charge is -2.14. The van der Waals surface area contributed by atoms with Crippen molar-refractivity contribution >= 4 is 42.3 Å². The molecule has 2 aromatic heterocycles. The summed E-state index contributed by atoms with van der Waals surface area (Å²) in [5.41, 5.74) is 11.9. The van der Waals surface area contributed by atoms with Gasteiger partial charge in [0, 0.05) is 36.9 Å². The fraction of sp³-hybridized carbons (Fsp3) is 0. The van der Waals surface area contributed by atoms with Crippen molar-refractivity contribution in [3.05, 3.63) is 194 Å². The summed E-state index contributed by atoms with van der Waals surface area (Å²) in [5, 5.41) is 5.07. The van der Waals surface area contributed by atoms with E-state index in [-0.39, 0.29) is 0 Å². The number of hydrogen-bond acceptors (Lipinski definition) is 3. The Morgan fingerprint density at radius 1 is 0.321 bits per heavy atom. The average Bonchev–Trinajstić information content (AvgIpc) is 3.63. The molecule has 248 valence electrons. The highest BCUT2D eigenvalue weighted by atomic mass is 32.1. The van der Waals surface area contributed by atoms with Gasteiger partial charge < -0.3 is 0 Å². The van der Waals surface area contributed by atoms with Gasteiger partial charge in [0.1, 0.15) is 0 Å². The van der Waals surface area contributed by atoms with E-state index in [4.69, 9.17) is 9.97 Å². The van der Waals surface area contributed by atoms with Crippen molar-refractivity contribution in [2.24, 2.45) is 0 Å². The van der Waals surface area contributed by atoms with E-state index in [0.717, 1.165) is 44.8 Å². The van der Waals surface area contributed by atoms with Gasteiger partial charge in [-0.3, -0.25) is 0 Å². The first-order valence-electron chi connectivity index (χ1n) is 17.9. The summed E-state index contributed by atoms with van der Waals surface area (Å²) in [7, 11) is 0. The van der Waals surface area contributed by atoms with Gasteiger partial charge in [0.2, 0.25) is 0 Å². The molecule has 2 heterocycles. The van der Waals surface area contributed by atoms with Crippen molar-refractivity contribution in [3.8, 4) is 67.3 Å². The lowest BCUT2D eigenvalue weighted by Crippen LogP contribution is -1.96. The first-order chi connectivity index (χ1) is 26.2. The molecule has 0 aliphatic heterocycles. The van der Waals surface area contributed by atoms with Gasteiger partial charge in [-0.1, -0.05) is 152 Å². The van der Waals surface area contributed by atoms with Crippen molar-refractivity contribution in [3.63, 3.8) is 0 Å². The molecule has 0 amide bonds. The van der Waals surface area contributed by atoms with Crippen LogP contribution in [0, 0.1) is 0 Å². The number of fused-ring (bicyclic) bond motifs is 4. The second-order valence-corrected chi connectivity index (χ2v) is 14.5. The van der Waals surface area contributed by atoms with Crippen molar-refractivity contribution in [1.29, 1.82) is 0 Å². The fourth-order valence-corrected chi connectivity index (χ4v) is 8.63. The van der Waals surface area contributed by atoms with Crippen LogP contribution in [-0.4, -0.2) is 9.97 Å². The topological polar surface area (TPSA) is 25.8 Å². The zero-order valence-corrected chi connectivity index (χ0v) is 29.6. The first-order valence-corrected chi connectivity index (χ1v) is 18.7. The minimum Gasteiger partial charge on any atom is -0.228 e. The van der Waals surface area contributed by atoms with Crippen LogP contribution in [0.2, 0.25) is 0 Å². The third-order valence-corrected chi connectivity index (χ3v) is 11.3. The van der Waals surface area contributed by atoms with Crippen LogP contribution in [0.1, 0.15) is 0 Å². The fourth-order valence-electron chi connectivity index (χ4n) is 7.39. The van der Waals surface area contributed by atoms with Crippen molar-refractivity contribution < 1.29 is 0 Å². The maximum atomic E-state index is 5.25. The largest absolute Gasteiger partial charge is 0.228 e. The second-order valence-electron chi connectivity index (χ2n) is 13.4. The molecule has 8 aromatic carbocycles. The summed E-state index contributed by atoms with van der Waals surface area (Å²) < 4.78 is 2.59. The number of aromatic nitrogens is 2. The molecule has 53 heavy (non-hydrogen) atoms. The zero-order chi connectivity index (χ0) is 35.1. The molecule has 0 saturated heterocycles. The predicted molar refractivity (Wildman–Crippen MR) is 225 cm³/mol. The second kappa shape index (κ2) is 13.1. The standard InChI is InChI=1S/C50H32N2S/c1-3-14-34(15-4-1)46-32-47(52-50(51-46)35-16-5-2-6-17-35)42-30-40(38-20-11-19-37(28-38)39-26-25-33-13-7-8-18-36(33)27-39)29-41(31-42)43-22-12-23-45-44-21-9-10-24-48(44)53-49(43)45/h1-32H. The van der Waals surface area contributed by atoms with Crippen molar-refractivity contribution in [2.75, 3.05) is 0 Å². The van der Waals surface area contributed by atoms with Crippen LogP contribution < -0.4 is 0 Å². The van der Waals surface area contributed by atoms with E-state index in [0.29, 0.717) is 5.82 Å². The molecule has 10 rings (SSSR count). The molecule has 0 atom stereocenters. The Hall–Kier alpha value is -6.68. The molecule has 0 spiro atoms. The molecule has 0 aliphatic carbocycles. The number of hydrogen-bond donors (Lipinski definition) is 0. The van der Waals surface area contributed by atoms with Crippen LogP contribution in [0.15, 0.2) is 194 Å². The maximum absolute atomic E-state index is 5.25. The molecule has 3 heteroatoms. The summed E-state index contributed by atoms with van der Waals surface area (Å²) in [4.78, 5) is 10.3. The molecule has 0 bridgehead atoms. The normalized spacial score (nSPS) is 11.4. The number of rotatable bonds is 6. The van der Waals surface area contributed by atoms with E-state index in [2.05, 4.69) is 170 Å². The van der Waals surface area contributed by atoms with E-state index in [1.54, 1.807) is 0 Å². The van der Waals surface area contributed by atoms with Gasteiger partial charge in [-0.25, -0.2) is 9.97 Å². The van der Waals surface area contributed by atoms with Gasteiger partial charge in [-0.15, -0.1) is 11.3 Å². The highest BCUT2D eigenvalue weighted by Crippen LogP contribution is 2.42. The maximum Gasteiger partial charge on any atom is 0.160 e. The van der Waals surface area contributed by atoms with E-state index in [1.165, 1.54) is 47.6 Å². The lowest BCUT2D eigenvalue weighted by molar-refractivity contribution is 1.18. The molecule has 0 saturated carbocycles. The Bertz CT molecular complexity index is 2890. The summed E-state index contributed by atoms with van der Waals surface area (Å²) in [6.07, 6.45) is 0. The van der Waals surface area contributed by atoms with Gasteiger partial charge in [0.05, 0.1) is 11.4 Å². The average molecular weight is 693 g/mol. The van der Waals surface area contributed by atoms with Crippen LogP contribution in [0.3, 0.4) is 0 Å². The molecular weight excluding hydrogens is 661 g/mol. The molecule has 10 aromatic rings. The van der Waals surface area contributed by atoms with Crippen molar-refractivity contribution in [1.82, 2.24) is 9.97 Å². The SMILES string of the molecule is c1ccc(-c2cc(-c3cc(-c4cccc(-c5ccc6ccccc6c5)c4)cc(-c4cccc5c4sc4ccccc45)c3)nc(-c3ccccc3)n2)cc1. The quantitative estimate of drug-likeness (QED) is 0.173. The van der Waals surface area contributed by atoms with E-state index in [9.17, 15) is 0 Å². The van der Waals surface area contributed by atoms with Gasteiger partial charge in [-0.2, -0.15) is 0 Å². The third kappa shape index (κ3) is 5.87. The molecular formula is C50H32N2S. The molecule has 0 N–H and O–H groups in total. The lowest BCUT2D eigenvalue weighted by atomic mass is 9.92. The first kappa shape index (κ1) is 31.1. The van der Waals surface area contributed by atoms with E-state index < -0.39 is 0 Å². The Morgan fingerprint density at radius 2 is 0.887 bits per heavy atom. The number of benzene rings is 8. The van der Waals surface area contributed by atoms with Gasteiger partial charge in [0.15, 0.2) is 5.82 Å². The third-order valence-electron chi connectivity index (χ3n) is 10.1. The Balaban J connectivity index is 1.20. The molecule has 0 unspecified atom stereocenters. The smallest absolute Gasteiger partial charge is 0.160 e. The Kier molecular flexibility index (Phi) is 7.71. The summed E-state index contributed by atoms with van der Waals surface area (Å²) in [6, 6.07) is 69.3. The van der Waals surface area contributed by atoms with Crippen LogP contribution in [-0.2, 0) is 0 Å². The minimum absolute atomic E-state index is 0.707. The van der Waals surface area contributed by atoms with Crippen LogP contribution in [0.5, 0.6) is 0 Å². The van der Waals surface area contributed by atoms with Crippen molar-refractivity contribution in [2.45, 2.75) is 0 Å². The van der Waals surface area contributed by atoms with E-state index >= 15 is 0 Å². The Morgan fingerprint density at radius 3 is 1.72 bits per heavy atom. The number of thiophene rings is 1. The highest BCUT2D eigenvalue weighted by Gasteiger charge is 2.16. The summed E-state index contributed by atoms with van der Waals surface area (Å²) in [6.45, 7) is 0. The van der Waals surface area contributed by atoms with Gasteiger partial charge >= 0.3 is 0 Å². The summed E-state index contributed by atoms with van der Waals surface area (Å²) >= 11 is 1.86. The zero-order valence-electron chi connectivity index (χ0n) is 28.8. The number of nitrogens with zero attached hydrogens (tertiary/aromatic N) is 2.